The highest BCUT2D eigenvalue weighted by atomic mass is 19.1. The number of aliphatic imine (C=N–C) groups is 1. The summed E-state index contributed by atoms with van der Waals surface area (Å²) in [6, 6.07) is 18.7. The van der Waals surface area contributed by atoms with Crippen molar-refractivity contribution in [1.82, 2.24) is 4.90 Å². The van der Waals surface area contributed by atoms with E-state index in [4.69, 9.17) is 10.1 Å². The van der Waals surface area contributed by atoms with Crippen LogP contribution in [-0.4, -0.2) is 61.2 Å². The Kier molecular flexibility index (Phi) is 9.62. The van der Waals surface area contributed by atoms with E-state index in [1.807, 2.05) is 50.5 Å². The van der Waals surface area contributed by atoms with Gasteiger partial charge >= 0.3 is 5.97 Å². The van der Waals surface area contributed by atoms with Gasteiger partial charge in [-0.1, -0.05) is 24.3 Å². The van der Waals surface area contributed by atoms with Crippen LogP contribution in [0.25, 0.3) is 0 Å². The second kappa shape index (κ2) is 13.3. The lowest BCUT2D eigenvalue weighted by Crippen LogP contribution is -2.26. The minimum Gasteiger partial charge on any atom is -0.481 e. The molecule has 1 aliphatic rings. The van der Waals surface area contributed by atoms with E-state index in [9.17, 15) is 18.8 Å². The molecule has 0 spiro atoms. The summed E-state index contributed by atoms with van der Waals surface area (Å²) >= 11 is 0. The van der Waals surface area contributed by atoms with Crippen LogP contribution in [0.3, 0.4) is 0 Å². The van der Waals surface area contributed by atoms with Gasteiger partial charge in [0.25, 0.3) is 0 Å². The van der Waals surface area contributed by atoms with E-state index in [2.05, 4.69) is 10.2 Å². The Morgan fingerprint density at radius 1 is 0.976 bits per heavy atom. The van der Waals surface area contributed by atoms with Crippen LogP contribution in [-0.2, 0) is 20.8 Å². The first-order chi connectivity index (χ1) is 19.6. The fraction of sp³-hybridized carbons (Fsp3) is 0.312. The molecule has 3 aromatic carbocycles. The van der Waals surface area contributed by atoms with E-state index >= 15 is 0 Å². The smallest absolute Gasteiger partial charge is 0.303 e. The fourth-order valence-corrected chi connectivity index (χ4v) is 4.85. The maximum absolute atomic E-state index is 13.9. The number of carbonyl (C=O) groups is 3. The molecule has 9 heteroatoms. The molecule has 1 unspecified atom stereocenters. The molecule has 4 rings (SSSR count). The van der Waals surface area contributed by atoms with E-state index in [0.29, 0.717) is 41.1 Å². The summed E-state index contributed by atoms with van der Waals surface area (Å²) in [6.45, 7) is 0.937. The summed E-state index contributed by atoms with van der Waals surface area (Å²) in [4.78, 5) is 45.6. The number of nitrogens with zero attached hydrogens (tertiary/aromatic N) is 3. The first kappa shape index (κ1) is 29.6. The number of unbranched alkanes of at least 4 members (excludes halogenated alkanes) is 1. The van der Waals surface area contributed by atoms with E-state index < -0.39 is 17.7 Å². The van der Waals surface area contributed by atoms with E-state index in [0.717, 1.165) is 30.6 Å². The van der Waals surface area contributed by atoms with Crippen molar-refractivity contribution in [2.75, 3.05) is 37.9 Å². The van der Waals surface area contributed by atoms with Crippen molar-refractivity contribution in [2.45, 2.75) is 38.0 Å². The van der Waals surface area contributed by atoms with Crippen molar-refractivity contribution in [2.24, 2.45) is 4.99 Å². The number of benzene rings is 3. The lowest BCUT2D eigenvalue weighted by molar-refractivity contribution is -0.137. The highest BCUT2D eigenvalue weighted by Crippen LogP contribution is 2.37. The third kappa shape index (κ3) is 7.64. The number of hydrogen-bond donors (Lipinski definition) is 2. The normalized spacial score (nSPS) is 14.6. The van der Waals surface area contributed by atoms with Crippen LogP contribution in [0.2, 0.25) is 0 Å². The Morgan fingerprint density at radius 3 is 2.44 bits per heavy atom. The van der Waals surface area contributed by atoms with Gasteiger partial charge in [0.15, 0.2) is 0 Å². The van der Waals surface area contributed by atoms with Crippen LogP contribution in [0.1, 0.15) is 48.3 Å². The molecule has 1 atom stereocenters. The molecule has 214 valence electrons. The molecule has 3 aromatic rings. The predicted octanol–water partition coefficient (Wildman–Crippen LogP) is 5.39. The fourth-order valence-electron chi connectivity index (χ4n) is 4.85. The van der Waals surface area contributed by atoms with Crippen molar-refractivity contribution in [3.05, 3.63) is 89.2 Å². The summed E-state index contributed by atoms with van der Waals surface area (Å²) in [6.07, 6.45) is 2.53. The van der Waals surface area contributed by atoms with Gasteiger partial charge in [0.05, 0.1) is 11.4 Å². The Hall–Kier alpha value is -4.37. The Morgan fingerprint density at radius 2 is 1.73 bits per heavy atom. The number of aryl methyl sites for hydroxylation is 1. The number of carboxylic acid groups (broad SMARTS) is 1. The molecule has 0 saturated heterocycles. The summed E-state index contributed by atoms with van der Waals surface area (Å²) < 4.78 is 13.9. The molecule has 0 aromatic heterocycles. The van der Waals surface area contributed by atoms with Crippen LogP contribution in [0.15, 0.2) is 71.7 Å². The van der Waals surface area contributed by atoms with Crippen LogP contribution in [0, 0.1) is 5.82 Å². The summed E-state index contributed by atoms with van der Waals surface area (Å²) in [5.41, 5.74) is 4.25. The number of fused-ring (bicyclic) bond motifs is 1. The first-order valence-electron chi connectivity index (χ1n) is 13.6. The third-order valence-electron chi connectivity index (χ3n) is 7.08. The molecule has 0 aliphatic carbocycles. The molecule has 1 aliphatic heterocycles. The maximum Gasteiger partial charge on any atom is 0.303 e. The van der Waals surface area contributed by atoms with Crippen molar-refractivity contribution in [1.29, 1.82) is 0 Å². The number of carboxylic acids is 1. The number of halogens is 1. The zero-order chi connectivity index (χ0) is 29.5. The number of rotatable bonds is 12. The minimum absolute atomic E-state index is 0.0225. The Balaban J connectivity index is 1.64. The number of anilines is 2. The Bertz CT molecular complexity index is 1450. The monoisotopic (exact) mass is 558 g/mol. The first-order valence-corrected chi connectivity index (χ1v) is 13.6. The number of hydrogen-bond acceptors (Lipinski definition) is 5. The van der Waals surface area contributed by atoms with Crippen LogP contribution in [0.5, 0.6) is 0 Å². The molecular weight excluding hydrogens is 523 g/mol. The Labute approximate surface area is 239 Å². The SMILES string of the molecule is CN(C)CCCCC(=O)N(C)c1ccc(N=C(c2cccc(CCC(=O)O)c2)C2C(=O)Nc3cc(F)ccc32)cc1. The van der Waals surface area contributed by atoms with Gasteiger partial charge in [0.1, 0.15) is 11.7 Å². The quantitative estimate of drug-likeness (QED) is 0.229. The lowest BCUT2D eigenvalue weighted by atomic mass is 9.89. The number of carbonyl (C=O) groups excluding carboxylic acids is 2. The molecule has 0 bridgehead atoms. The van der Waals surface area contributed by atoms with Gasteiger partial charge < -0.3 is 20.2 Å². The van der Waals surface area contributed by atoms with Crippen LogP contribution >= 0.6 is 0 Å². The van der Waals surface area contributed by atoms with Crippen LogP contribution < -0.4 is 10.2 Å². The molecule has 2 amide bonds. The molecule has 0 saturated carbocycles. The van der Waals surface area contributed by atoms with Gasteiger partial charge in [-0.25, -0.2) is 4.39 Å². The average Bonchev–Trinajstić information content (AvgIpc) is 3.27. The number of amides is 2. The summed E-state index contributed by atoms with van der Waals surface area (Å²) in [7, 11) is 5.77. The van der Waals surface area contributed by atoms with Crippen LogP contribution in [0.4, 0.5) is 21.5 Å². The zero-order valence-electron chi connectivity index (χ0n) is 23.6. The average molecular weight is 559 g/mol. The maximum atomic E-state index is 13.9. The lowest BCUT2D eigenvalue weighted by Gasteiger charge is -2.18. The molecule has 41 heavy (non-hydrogen) atoms. The standard InChI is InChI=1S/C32H35FN4O4/c1-36(2)18-5-4-9-28(38)37(3)25-14-12-24(13-15-25)34-31(22-8-6-7-21(19-22)10-17-29(39)40)30-26-16-11-23(33)20-27(26)35-32(30)41/h6-8,11-16,19-20,30H,4-5,9-10,17-18H2,1-3H3,(H,35,41)(H,39,40). The number of aliphatic carboxylic acids is 1. The highest BCUT2D eigenvalue weighted by molar-refractivity contribution is 6.24. The van der Waals surface area contributed by atoms with Crippen molar-refractivity contribution in [3.63, 3.8) is 0 Å². The summed E-state index contributed by atoms with van der Waals surface area (Å²) in [5, 5.41) is 11.9. The van der Waals surface area contributed by atoms with Gasteiger partial charge in [-0.3, -0.25) is 19.4 Å². The van der Waals surface area contributed by atoms with E-state index in [1.54, 1.807) is 30.1 Å². The van der Waals surface area contributed by atoms with E-state index in [-0.39, 0.29) is 18.2 Å². The van der Waals surface area contributed by atoms with Crippen molar-refractivity contribution < 1.29 is 23.9 Å². The summed E-state index contributed by atoms with van der Waals surface area (Å²) in [5.74, 6) is -2.42. The highest BCUT2D eigenvalue weighted by Gasteiger charge is 2.35. The molecule has 8 nitrogen and oxygen atoms in total. The van der Waals surface area contributed by atoms with Gasteiger partial charge in [0.2, 0.25) is 11.8 Å². The molecule has 0 fully saturated rings. The molecule has 2 N–H and O–H groups in total. The predicted molar refractivity (Wildman–Crippen MR) is 159 cm³/mol. The van der Waals surface area contributed by atoms with Gasteiger partial charge in [-0.2, -0.15) is 0 Å². The van der Waals surface area contributed by atoms with Crippen molar-refractivity contribution in [3.8, 4) is 0 Å². The van der Waals surface area contributed by atoms with Gasteiger partial charge in [-0.05, 0) is 99.1 Å². The molecule has 0 radical (unpaired) electrons. The van der Waals surface area contributed by atoms with Gasteiger partial charge in [0, 0.05) is 31.3 Å². The largest absolute Gasteiger partial charge is 0.481 e. The molecule has 1 heterocycles. The third-order valence-corrected chi connectivity index (χ3v) is 7.08. The number of nitrogens with one attached hydrogen (secondary N) is 1. The van der Waals surface area contributed by atoms with Crippen molar-refractivity contribution >= 4 is 40.6 Å². The topological polar surface area (TPSA) is 102 Å². The second-order valence-corrected chi connectivity index (χ2v) is 10.5. The van der Waals surface area contributed by atoms with E-state index in [1.165, 1.54) is 12.1 Å². The van der Waals surface area contributed by atoms with Gasteiger partial charge in [-0.15, -0.1) is 0 Å². The minimum atomic E-state index is -0.896. The zero-order valence-corrected chi connectivity index (χ0v) is 23.6. The molecular formula is C32H35FN4O4. The second-order valence-electron chi connectivity index (χ2n) is 10.5.